The maximum absolute atomic E-state index is 11.2. The van der Waals surface area contributed by atoms with Gasteiger partial charge < -0.3 is 9.84 Å². The second-order valence-electron chi connectivity index (χ2n) is 3.17. The van der Waals surface area contributed by atoms with Crippen LogP contribution in [0.5, 0.6) is 0 Å². The molecule has 1 rings (SSSR count). The number of hydrogen-bond acceptors (Lipinski definition) is 4. The number of nitrogens with one attached hydrogen (secondary N) is 2. The van der Waals surface area contributed by atoms with Crippen LogP contribution in [0.2, 0.25) is 0 Å². The van der Waals surface area contributed by atoms with Crippen molar-refractivity contribution in [1.82, 2.24) is 15.8 Å². The molecule has 1 aromatic heterocycles. The third-order valence-electron chi connectivity index (χ3n) is 1.98. The molecule has 7 heteroatoms. The normalized spacial score (nSPS) is 9.94. The minimum absolute atomic E-state index is 0.251. The lowest BCUT2D eigenvalue weighted by Gasteiger charge is -2.04. The second kappa shape index (κ2) is 5.50. The predicted octanol–water partition coefficient (Wildman–Crippen LogP) is 0.856. The van der Waals surface area contributed by atoms with E-state index in [9.17, 15) is 9.59 Å². The molecule has 0 aliphatic carbocycles. The zero-order valence-corrected chi connectivity index (χ0v) is 9.72. The molecule has 88 valence electrons. The van der Waals surface area contributed by atoms with E-state index in [1.54, 1.807) is 13.8 Å². The number of halogens is 1. The van der Waals surface area contributed by atoms with Crippen molar-refractivity contribution < 1.29 is 14.1 Å². The number of carbonyl (C=O) groups is 2. The number of aryl methyl sites for hydroxylation is 2. The monoisotopic (exact) mass is 245 g/mol. The molecule has 0 bridgehead atoms. The Bertz CT molecular complexity index is 383. The minimum atomic E-state index is -0.592. The summed E-state index contributed by atoms with van der Waals surface area (Å²) in [7, 11) is 0. The highest BCUT2D eigenvalue weighted by atomic mass is 35.5. The molecule has 0 saturated heterocycles. The molecule has 1 heterocycles. The maximum Gasteiger partial charge on any atom is 0.321 e. The lowest BCUT2D eigenvalue weighted by atomic mass is 10.2. The van der Waals surface area contributed by atoms with Crippen molar-refractivity contribution >= 4 is 23.5 Å². The van der Waals surface area contributed by atoms with Gasteiger partial charge in [0.25, 0.3) is 0 Å². The molecule has 2 N–H and O–H groups in total. The first kappa shape index (κ1) is 12.5. The Morgan fingerprint density at radius 3 is 2.62 bits per heavy atom. The molecule has 16 heavy (non-hydrogen) atoms. The van der Waals surface area contributed by atoms with Gasteiger partial charge in [-0.05, 0) is 13.8 Å². The summed E-state index contributed by atoms with van der Waals surface area (Å²) < 4.78 is 4.92. The topological polar surface area (TPSA) is 84.2 Å². The Labute approximate surface area is 97.3 Å². The number of aromatic nitrogens is 1. The first-order valence-corrected chi connectivity index (χ1v) is 5.13. The van der Waals surface area contributed by atoms with Gasteiger partial charge in [0.15, 0.2) is 0 Å². The van der Waals surface area contributed by atoms with Gasteiger partial charge in [-0.25, -0.2) is 4.79 Å². The lowest BCUT2D eigenvalue weighted by Crippen LogP contribution is -2.39. The predicted molar refractivity (Wildman–Crippen MR) is 57.1 cm³/mol. The van der Waals surface area contributed by atoms with E-state index in [2.05, 4.69) is 15.8 Å². The van der Waals surface area contributed by atoms with E-state index in [4.69, 9.17) is 16.1 Å². The van der Waals surface area contributed by atoms with Crippen molar-refractivity contribution in [3.8, 4) is 0 Å². The first-order valence-electron chi connectivity index (χ1n) is 4.60. The third-order valence-corrected chi connectivity index (χ3v) is 2.22. The van der Waals surface area contributed by atoms with Crippen LogP contribution in [0.15, 0.2) is 4.52 Å². The van der Waals surface area contributed by atoms with E-state index in [0.29, 0.717) is 11.5 Å². The number of urea groups is 1. The van der Waals surface area contributed by atoms with Gasteiger partial charge in [-0.3, -0.25) is 10.1 Å². The van der Waals surface area contributed by atoms with Crippen LogP contribution >= 0.6 is 11.6 Å². The van der Waals surface area contributed by atoms with Crippen LogP contribution in [-0.4, -0.2) is 23.0 Å². The van der Waals surface area contributed by atoms with Crippen LogP contribution in [-0.2, 0) is 11.3 Å². The van der Waals surface area contributed by atoms with Gasteiger partial charge in [0, 0.05) is 12.1 Å². The van der Waals surface area contributed by atoms with Gasteiger partial charge in [0.1, 0.15) is 11.6 Å². The Balaban J connectivity index is 2.46. The molecule has 6 nitrogen and oxygen atoms in total. The summed E-state index contributed by atoms with van der Waals surface area (Å²) in [6.07, 6.45) is 0. The fourth-order valence-electron chi connectivity index (χ4n) is 1.13. The van der Waals surface area contributed by atoms with E-state index in [1.165, 1.54) is 0 Å². The molecule has 0 aliphatic rings. The molecule has 1 aromatic rings. The molecule has 0 radical (unpaired) electrons. The number of amides is 3. The minimum Gasteiger partial charge on any atom is -0.361 e. The molecule has 0 saturated carbocycles. The van der Waals surface area contributed by atoms with Crippen molar-refractivity contribution in [2.24, 2.45) is 0 Å². The van der Waals surface area contributed by atoms with Crippen LogP contribution in [0.1, 0.15) is 17.0 Å². The average molecular weight is 246 g/mol. The summed E-state index contributed by atoms with van der Waals surface area (Å²) in [6.45, 7) is 3.77. The van der Waals surface area contributed by atoms with Crippen LogP contribution in [0, 0.1) is 13.8 Å². The van der Waals surface area contributed by atoms with Crippen LogP contribution < -0.4 is 10.6 Å². The van der Waals surface area contributed by atoms with Crippen molar-refractivity contribution in [3.05, 3.63) is 17.0 Å². The summed E-state index contributed by atoms with van der Waals surface area (Å²) >= 11 is 5.23. The molecular formula is C9H12ClN3O3. The molecule has 0 aromatic carbocycles. The van der Waals surface area contributed by atoms with Gasteiger partial charge in [-0.1, -0.05) is 5.16 Å². The summed E-state index contributed by atoms with van der Waals surface area (Å²) in [5.74, 6) is -0.155. The van der Waals surface area contributed by atoms with E-state index < -0.39 is 11.9 Å². The fourth-order valence-corrected chi connectivity index (χ4v) is 1.19. The van der Waals surface area contributed by atoms with Gasteiger partial charge in [-0.2, -0.15) is 0 Å². The molecule has 0 spiro atoms. The molecule has 0 fully saturated rings. The highest BCUT2D eigenvalue weighted by molar-refractivity contribution is 6.28. The van der Waals surface area contributed by atoms with Crippen molar-refractivity contribution in [2.45, 2.75) is 20.4 Å². The van der Waals surface area contributed by atoms with Crippen LogP contribution in [0.25, 0.3) is 0 Å². The summed E-state index contributed by atoms with van der Waals surface area (Å²) in [6, 6.07) is -0.592. The Morgan fingerprint density at radius 2 is 2.12 bits per heavy atom. The van der Waals surface area contributed by atoms with E-state index in [0.717, 1.165) is 5.56 Å². The van der Waals surface area contributed by atoms with Gasteiger partial charge in [-0.15, -0.1) is 11.6 Å². The lowest BCUT2D eigenvalue weighted by molar-refractivity contribution is -0.117. The second-order valence-corrected chi connectivity index (χ2v) is 3.43. The SMILES string of the molecule is Cc1noc(C)c1CNC(=O)NC(=O)CCl. The number of carbonyl (C=O) groups excluding carboxylic acids is 2. The molecule has 0 atom stereocenters. The van der Waals surface area contributed by atoms with E-state index >= 15 is 0 Å². The highest BCUT2D eigenvalue weighted by Gasteiger charge is 2.11. The summed E-state index contributed by atoms with van der Waals surface area (Å²) in [4.78, 5) is 22.0. The van der Waals surface area contributed by atoms with Gasteiger partial charge >= 0.3 is 6.03 Å². The molecule has 0 unspecified atom stereocenters. The van der Waals surface area contributed by atoms with Gasteiger partial charge in [0.2, 0.25) is 5.91 Å². The largest absolute Gasteiger partial charge is 0.361 e. The Kier molecular flexibility index (Phi) is 4.30. The number of rotatable bonds is 3. The molecular weight excluding hydrogens is 234 g/mol. The van der Waals surface area contributed by atoms with Crippen molar-refractivity contribution in [1.29, 1.82) is 0 Å². The molecule has 0 aliphatic heterocycles. The number of imide groups is 1. The quantitative estimate of drug-likeness (QED) is 0.774. The van der Waals surface area contributed by atoms with Crippen LogP contribution in [0.3, 0.4) is 0 Å². The zero-order chi connectivity index (χ0) is 12.1. The standard InChI is InChI=1S/C9H12ClN3O3/c1-5-7(6(2)16-13-5)4-11-9(15)12-8(14)3-10/h3-4H2,1-2H3,(H2,11,12,14,15). The Hall–Kier alpha value is -1.56. The van der Waals surface area contributed by atoms with Crippen molar-refractivity contribution in [3.63, 3.8) is 0 Å². The molecule has 3 amide bonds. The van der Waals surface area contributed by atoms with E-state index in [-0.39, 0.29) is 12.4 Å². The smallest absolute Gasteiger partial charge is 0.321 e. The van der Waals surface area contributed by atoms with E-state index in [1.807, 2.05) is 0 Å². The maximum atomic E-state index is 11.2. The Morgan fingerprint density at radius 1 is 1.44 bits per heavy atom. The highest BCUT2D eigenvalue weighted by Crippen LogP contribution is 2.11. The van der Waals surface area contributed by atoms with Crippen LogP contribution in [0.4, 0.5) is 4.79 Å². The third kappa shape index (κ3) is 3.23. The average Bonchev–Trinajstić information content (AvgIpc) is 2.56. The van der Waals surface area contributed by atoms with Crippen molar-refractivity contribution in [2.75, 3.05) is 5.88 Å². The van der Waals surface area contributed by atoms with Gasteiger partial charge in [0.05, 0.1) is 5.69 Å². The summed E-state index contributed by atoms with van der Waals surface area (Å²) in [5.41, 5.74) is 1.51. The zero-order valence-electron chi connectivity index (χ0n) is 8.96. The number of nitrogens with zero attached hydrogens (tertiary/aromatic N) is 1. The number of hydrogen-bond donors (Lipinski definition) is 2. The fraction of sp³-hybridized carbons (Fsp3) is 0.444. The number of alkyl halides is 1. The first-order chi connectivity index (χ1) is 7.54. The summed E-state index contributed by atoms with van der Waals surface area (Å²) in [5, 5.41) is 8.30.